The van der Waals surface area contributed by atoms with E-state index in [0.717, 1.165) is 55.6 Å². The average molecular weight is 350 g/mol. The summed E-state index contributed by atoms with van der Waals surface area (Å²) in [4.78, 5) is 2.44. The van der Waals surface area contributed by atoms with Crippen LogP contribution in [-0.4, -0.2) is 18.0 Å². The number of fused-ring (bicyclic) bond motifs is 1. The lowest BCUT2D eigenvalue weighted by atomic mass is 10.1. The largest absolute Gasteiger partial charge is 0.456 e. The molecule has 0 radical (unpaired) electrons. The van der Waals surface area contributed by atoms with E-state index >= 15 is 0 Å². The number of rotatable bonds is 4. The Balaban J connectivity index is 1.56. The molecule has 2 aliphatic rings. The Kier molecular flexibility index (Phi) is 4.90. The molecule has 1 aliphatic heterocycles. The molecule has 3 nitrogen and oxygen atoms in total. The van der Waals surface area contributed by atoms with Gasteiger partial charge in [-0.05, 0) is 80.6 Å². The van der Waals surface area contributed by atoms with Crippen LogP contribution in [0.3, 0.4) is 0 Å². The zero-order chi connectivity index (χ0) is 17.9. The van der Waals surface area contributed by atoms with E-state index in [0.29, 0.717) is 17.1 Å². The number of nitriles is 1. The first-order chi connectivity index (χ1) is 12.7. The van der Waals surface area contributed by atoms with Crippen molar-refractivity contribution in [3.8, 4) is 17.6 Å². The summed E-state index contributed by atoms with van der Waals surface area (Å²) in [5.41, 5.74) is 3.39. The maximum atomic E-state index is 13.9. The number of ether oxygens (including phenoxy) is 1. The van der Waals surface area contributed by atoms with Crippen molar-refractivity contribution in [2.75, 3.05) is 13.1 Å². The molecule has 0 N–H and O–H groups in total. The number of nitrogens with zero attached hydrogens (tertiary/aromatic N) is 2. The van der Waals surface area contributed by atoms with Crippen molar-refractivity contribution in [1.29, 1.82) is 5.26 Å². The normalized spacial score (nSPS) is 16.9. The molecule has 26 heavy (non-hydrogen) atoms. The summed E-state index contributed by atoms with van der Waals surface area (Å²) >= 11 is 0. The van der Waals surface area contributed by atoms with Gasteiger partial charge in [0.1, 0.15) is 23.4 Å². The van der Waals surface area contributed by atoms with Gasteiger partial charge in [-0.1, -0.05) is 12.5 Å². The number of halogens is 1. The van der Waals surface area contributed by atoms with Crippen molar-refractivity contribution >= 4 is 0 Å². The standard InChI is InChI=1S/C22H23FN2O/c23-20-8-10-22(19-6-4-5-18(19)20)26-21-9-7-16(13-17(21)14-24)15-25-11-2-1-3-12-25/h7-10,13H,1-6,11-12,15H2. The zero-order valence-corrected chi connectivity index (χ0v) is 14.9. The van der Waals surface area contributed by atoms with Gasteiger partial charge in [-0.25, -0.2) is 4.39 Å². The van der Waals surface area contributed by atoms with Gasteiger partial charge in [0.15, 0.2) is 0 Å². The van der Waals surface area contributed by atoms with Crippen LogP contribution in [0.15, 0.2) is 30.3 Å². The zero-order valence-electron chi connectivity index (χ0n) is 14.9. The summed E-state index contributed by atoms with van der Waals surface area (Å²) in [7, 11) is 0. The van der Waals surface area contributed by atoms with E-state index in [1.54, 1.807) is 6.07 Å². The van der Waals surface area contributed by atoms with Gasteiger partial charge in [0.25, 0.3) is 0 Å². The molecule has 0 spiro atoms. The van der Waals surface area contributed by atoms with Gasteiger partial charge < -0.3 is 4.74 Å². The monoisotopic (exact) mass is 350 g/mol. The first-order valence-electron chi connectivity index (χ1n) is 9.48. The van der Waals surface area contributed by atoms with E-state index in [4.69, 9.17) is 4.74 Å². The van der Waals surface area contributed by atoms with E-state index in [-0.39, 0.29) is 5.82 Å². The second-order valence-electron chi connectivity index (χ2n) is 7.24. The molecule has 0 bridgehead atoms. The molecule has 2 aromatic rings. The maximum Gasteiger partial charge on any atom is 0.145 e. The minimum atomic E-state index is -0.151. The predicted octanol–water partition coefficient (Wildman–Crippen LogP) is 4.96. The van der Waals surface area contributed by atoms with Gasteiger partial charge in [0.05, 0.1) is 5.56 Å². The number of benzene rings is 2. The van der Waals surface area contributed by atoms with Crippen LogP contribution in [0.4, 0.5) is 4.39 Å². The molecule has 1 fully saturated rings. The quantitative estimate of drug-likeness (QED) is 0.781. The lowest BCUT2D eigenvalue weighted by Gasteiger charge is -2.26. The van der Waals surface area contributed by atoms with Crippen molar-refractivity contribution in [3.63, 3.8) is 0 Å². The molecule has 1 heterocycles. The highest BCUT2D eigenvalue weighted by molar-refractivity contribution is 5.51. The van der Waals surface area contributed by atoms with Crippen molar-refractivity contribution in [3.05, 3.63) is 58.4 Å². The van der Waals surface area contributed by atoms with Gasteiger partial charge in [-0.3, -0.25) is 4.90 Å². The van der Waals surface area contributed by atoms with Crippen LogP contribution >= 0.6 is 0 Å². The molecule has 0 atom stereocenters. The third kappa shape index (κ3) is 3.45. The molecular weight excluding hydrogens is 327 g/mol. The Morgan fingerprint density at radius 3 is 2.54 bits per heavy atom. The van der Waals surface area contributed by atoms with Crippen LogP contribution in [0.1, 0.15) is 47.9 Å². The Labute approximate surface area is 154 Å². The fraction of sp³-hybridized carbons (Fsp3) is 0.409. The van der Waals surface area contributed by atoms with Crippen LogP contribution in [0.2, 0.25) is 0 Å². The fourth-order valence-corrected chi connectivity index (χ4v) is 4.07. The predicted molar refractivity (Wildman–Crippen MR) is 98.8 cm³/mol. The minimum absolute atomic E-state index is 0.151. The van der Waals surface area contributed by atoms with Gasteiger partial charge in [-0.15, -0.1) is 0 Å². The number of piperidine rings is 1. The molecule has 2 aromatic carbocycles. The molecule has 4 heteroatoms. The average Bonchev–Trinajstić information content (AvgIpc) is 3.17. The molecule has 1 saturated heterocycles. The molecule has 0 unspecified atom stereocenters. The maximum absolute atomic E-state index is 13.9. The molecule has 0 aromatic heterocycles. The Morgan fingerprint density at radius 2 is 1.73 bits per heavy atom. The van der Waals surface area contributed by atoms with Crippen LogP contribution in [0.5, 0.6) is 11.5 Å². The van der Waals surface area contributed by atoms with Crippen molar-refractivity contribution in [2.24, 2.45) is 0 Å². The first kappa shape index (κ1) is 17.1. The van der Waals surface area contributed by atoms with E-state index < -0.39 is 0 Å². The van der Waals surface area contributed by atoms with Gasteiger partial charge in [0.2, 0.25) is 0 Å². The molecular formula is C22H23FN2O. The highest BCUT2D eigenvalue weighted by atomic mass is 19.1. The van der Waals surface area contributed by atoms with Gasteiger partial charge in [-0.2, -0.15) is 5.26 Å². The van der Waals surface area contributed by atoms with Crippen molar-refractivity contribution in [2.45, 2.75) is 45.1 Å². The van der Waals surface area contributed by atoms with Crippen LogP contribution in [0.25, 0.3) is 0 Å². The third-order valence-electron chi connectivity index (χ3n) is 5.42. The second kappa shape index (κ2) is 7.47. The van der Waals surface area contributed by atoms with E-state index in [1.807, 2.05) is 18.2 Å². The Morgan fingerprint density at radius 1 is 0.962 bits per heavy atom. The summed E-state index contributed by atoms with van der Waals surface area (Å²) in [6.07, 6.45) is 6.36. The molecule has 4 rings (SSSR count). The van der Waals surface area contributed by atoms with Crippen LogP contribution in [0, 0.1) is 17.1 Å². The van der Waals surface area contributed by atoms with E-state index in [1.165, 1.54) is 25.3 Å². The number of hydrogen-bond donors (Lipinski definition) is 0. The molecule has 0 amide bonds. The smallest absolute Gasteiger partial charge is 0.145 e. The topological polar surface area (TPSA) is 36.3 Å². The van der Waals surface area contributed by atoms with E-state index in [9.17, 15) is 9.65 Å². The first-order valence-corrected chi connectivity index (χ1v) is 9.48. The van der Waals surface area contributed by atoms with Crippen molar-refractivity contribution < 1.29 is 9.13 Å². The number of hydrogen-bond acceptors (Lipinski definition) is 3. The third-order valence-corrected chi connectivity index (χ3v) is 5.42. The van der Waals surface area contributed by atoms with Crippen LogP contribution < -0.4 is 4.74 Å². The highest BCUT2D eigenvalue weighted by Crippen LogP contribution is 2.36. The highest BCUT2D eigenvalue weighted by Gasteiger charge is 2.21. The van der Waals surface area contributed by atoms with Crippen LogP contribution in [-0.2, 0) is 19.4 Å². The Bertz CT molecular complexity index is 850. The SMILES string of the molecule is N#Cc1cc(CN2CCCCC2)ccc1Oc1ccc(F)c2c1CCC2. The minimum Gasteiger partial charge on any atom is -0.456 e. The fourth-order valence-electron chi connectivity index (χ4n) is 4.07. The molecule has 1 aliphatic carbocycles. The summed E-state index contributed by atoms with van der Waals surface area (Å²) in [6, 6.07) is 11.2. The lowest BCUT2D eigenvalue weighted by Crippen LogP contribution is -2.29. The summed E-state index contributed by atoms with van der Waals surface area (Å²) < 4.78 is 20.0. The van der Waals surface area contributed by atoms with Crippen molar-refractivity contribution in [1.82, 2.24) is 4.90 Å². The number of likely N-dealkylation sites (tertiary alicyclic amines) is 1. The lowest BCUT2D eigenvalue weighted by molar-refractivity contribution is 0.221. The summed E-state index contributed by atoms with van der Waals surface area (Å²) in [5, 5.41) is 9.56. The van der Waals surface area contributed by atoms with Gasteiger partial charge in [0, 0.05) is 12.1 Å². The second-order valence-corrected chi connectivity index (χ2v) is 7.24. The van der Waals surface area contributed by atoms with E-state index in [2.05, 4.69) is 11.0 Å². The molecule has 0 saturated carbocycles. The summed E-state index contributed by atoms with van der Waals surface area (Å²) in [6.45, 7) is 3.13. The summed E-state index contributed by atoms with van der Waals surface area (Å²) in [5.74, 6) is 1.08. The van der Waals surface area contributed by atoms with Gasteiger partial charge >= 0.3 is 0 Å². The molecule has 134 valence electrons. The Hall–Kier alpha value is -2.38.